The van der Waals surface area contributed by atoms with Gasteiger partial charge in [-0.25, -0.2) is 4.98 Å². The van der Waals surface area contributed by atoms with E-state index in [1.54, 1.807) is 0 Å². The van der Waals surface area contributed by atoms with Crippen LogP contribution in [-0.2, 0) is 14.3 Å². The number of hydrogen-bond acceptors (Lipinski definition) is 8. The molecule has 3 heterocycles. The predicted octanol–water partition coefficient (Wildman–Crippen LogP) is 5.26. The van der Waals surface area contributed by atoms with E-state index in [0.717, 1.165) is 60.6 Å². The lowest BCUT2D eigenvalue weighted by Gasteiger charge is -2.36. The first-order chi connectivity index (χ1) is 18.7. The second-order valence-corrected chi connectivity index (χ2v) is 12.9. The largest absolute Gasteiger partial charge is 0.492 e. The molecule has 6 rings (SSSR count). The number of nitrogens with zero attached hydrogens (tertiary/aromatic N) is 3. The number of amides is 1. The van der Waals surface area contributed by atoms with E-state index in [2.05, 4.69) is 9.88 Å². The number of thiazole rings is 1. The second kappa shape index (κ2) is 10.1. The van der Waals surface area contributed by atoms with Crippen LogP contribution in [0.2, 0.25) is 0 Å². The maximum atomic E-state index is 13.4. The van der Waals surface area contributed by atoms with Crippen LogP contribution in [-0.4, -0.2) is 70.6 Å². The van der Waals surface area contributed by atoms with Crippen molar-refractivity contribution in [2.75, 3.05) is 26.2 Å². The molecule has 8 nitrogen and oxygen atoms in total. The van der Waals surface area contributed by atoms with Crippen molar-refractivity contribution in [3.8, 4) is 16.7 Å². The number of rotatable bonds is 9. The molecular formula is C30H35N3O5S. The quantitative estimate of drug-likeness (QED) is 0.337. The number of carbonyl (C=O) groups is 2. The highest BCUT2D eigenvalue weighted by Crippen LogP contribution is 2.52. The minimum absolute atomic E-state index is 0.143. The van der Waals surface area contributed by atoms with E-state index in [-0.39, 0.29) is 24.3 Å². The summed E-state index contributed by atoms with van der Waals surface area (Å²) in [7, 11) is 0. The monoisotopic (exact) mass is 549 g/mol. The maximum absolute atomic E-state index is 13.4. The molecule has 2 unspecified atom stereocenters. The highest BCUT2D eigenvalue weighted by Gasteiger charge is 2.57. The smallest absolute Gasteiger partial charge is 0.307 e. The molecule has 1 aromatic heterocycles. The van der Waals surface area contributed by atoms with Crippen molar-refractivity contribution >= 4 is 33.4 Å². The summed E-state index contributed by atoms with van der Waals surface area (Å²) in [6.07, 6.45) is 2.74. The van der Waals surface area contributed by atoms with Crippen molar-refractivity contribution in [2.45, 2.75) is 64.1 Å². The zero-order valence-corrected chi connectivity index (χ0v) is 23.5. The maximum Gasteiger partial charge on any atom is 0.307 e. The van der Waals surface area contributed by atoms with Crippen molar-refractivity contribution in [1.82, 2.24) is 14.8 Å². The van der Waals surface area contributed by atoms with E-state index in [9.17, 15) is 9.59 Å². The molecule has 3 aliphatic rings. The summed E-state index contributed by atoms with van der Waals surface area (Å²) in [4.78, 5) is 34.7. The van der Waals surface area contributed by atoms with Gasteiger partial charge in [0.25, 0.3) is 5.19 Å². The molecule has 3 fully saturated rings. The Morgan fingerprint density at radius 2 is 1.77 bits per heavy atom. The van der Waals surface area contributed by atoms with Crippen LogP contribution in [0.3, 0.4) is 0 Å². The van der Waals surface area contributed by atoms with Gasteiger partial charge >= 0.3 is 5.97 Å². The number of para-hydroxylation sites is 1. The topological polar surface area (TPSA) is 81.2 Å². The summed E-state index contributed by atoms with van der Waals surface area (Å²) < 4.78 is 18.5. The Morgan fingerprint density at radius 3 is 2.44 bits per heavy atom. The Kier molecular flexibility index (Phi) is 6.75. The molecule has 2 bridgehead atoms. The first-order valence-electron chi connectivity index (χ1n) is 13.7. The standard InChI is InChI=1S/C30H35N3O5S/c1-29(2,3)38-26(34)17-30(12-13-30)27(35)33-19-20-16-21(33)18-32(20)14-15-36-22-8-10-23(11-9-22)37-28-31-24-6-4-5-7-25(24)39-28/h4-11,20-21H,12-19H2,1-3H3. The van der Waals surface area contributed by atoms with Gasteiger partial charge in [0.2, 0.25) is 5.91 Å². The van der Waals surface area contributed by atoms with Gasteiger partial charge in [-0.3, -0.25) is 14.5 Å². The van der Waals surface area contributed by atoms with Gasteiger partial charge in [-0.1, -0.05) is 23.5 Å². The lowest BCUT2D eigenvalue weighted by molar-refractivity contribution is -0.159. The van der Waals surface area contributed by atoms with Crippen LogP contribution in [0.5, 0.6) is 16.7 Å². The molecule has 1 amide bonds. The van der Waals surface area contributed by atoms with E-state index in [0.29, 0.717) is 17.8 Å². The third-order valence-electron chi connectivity index (χ3n) is 7.78. The van der Waals surface area contributed by atoms with Crippen molar-refractivity contribution in [1.29, 1.82) is 0 Å². The number of ether oxygens (including phenoxy) is 3. The number of aromatic nitrogens is 1. The fraction of sp³-hybridized carbons (Fsp3) is 0.500. The number of fused-ring (bicyclic) bond motifs is 3. The molecule has 1 aliphatic carbocycles. The van der Waals surface area contributed by atoms with Gasteiger partial charge in [0.15, 0.2) is 0 Å². The minimum Gasteiger partial charge on any atom is -0.492 e. The van der Waals surface area contributed by atoms with Gasteiger partial charge < -0.3 is 19.1 Å². The van der Waals surface area contributed by atoms with Crippen molar-refractivity contribution in [3.05, 3.63) is 48.5 Å². The fourth-order valence-corrected chi connectivity index (χ4v) is 6.56. The van der Waals surface area contributed by atoms with Gasteiger partial charge in [-0.05, 0) is 76.4 Å². The molecule has 2 saturated heterocycles. The van der Waals surface area contributed by atoms with Crippen molar-refractivity contribution in [2.24, 2.45) is 5.41 Å². The van der Waals surface area contributed by atoms with Gasteiger partial charge in [0.05, 0.1) is 22.1 Å². The Morgan fingerprint density at radius 1 is 1.03 bits per heavy atom. The second-order valence-electron chi connectivity index (χ2n) is 11.9. The number of likely N-dealkylation sites (tertiary alicyclic amines) is 2. The number of benzene rings is 2. The highest BCUT2D eigenvalue weighted by atomic mass is 32.1. The average molecular weight is 550 g/mol. The van der Waals surface area contributed by atoms with Gasteiger partial charge in [-0.15, -0.1) is 0 Å². The molecule has 2 aromatic carbocycles. The van der Waals surface area contributed by atoms with Crippen LogP contribution < -0.4 is 9.47 Å². The summed E-state index contributed by atoms with van der Waals surface area (Å²) in [5.41, 5.74) is -0.129. The van der Waals surface area contributed by atoms with Crippen LogP contribution in [0.1, 0.15) is 46.5 Å². The Balaban J connectivity index is 0.952. The van der Waals surface area contributed by atoms with Gasteiger partial charge in [-0.2, -0.15) is 0 Å². The molecular weight excluding hydrogens is 514 g/mol. The van der Waals surface area contributed by atoms with Crippen molar-refractivity contribution in [3.63, 3.8) is 0 Å². The van der Waals surface area contributed by atoms with E-state index < -0.39 is 11.0 Å². The molecule has 39 heavy (non-hydrogen) atoms. The normalized spacial score (nSPS) is 21.8. The summed E-state index contributed by atoms with van der Waals surface area (Å²) >= 11 is 1.53. The Bertz CT molecular complexity index is 1330. The molecule has 2 atom stereocenters. The Labute approximate surface area is 232 Å². The van der Waals surface area contributed by atoms with Gasteiger partial charge in [0.1, 0.15) is 23.7 Å². The van der Waals surface area contributed by atoms with Crippen molar-refractivity contribution < 1.29 is 23.8 Å². The highest BCUT2D eigenvalue weighted by molar-refractivity contribution is 7.20. The van der Waals surface area contributed by atoms with Crippen LogP contribution in [0.4, 0.5) is 0 Å². The summed E-state index contributed by atoms with van der Waals surface area (Å²) in [6.45, 7) is 8.57. The summed E-state index contributed by atoms with van der Waals surface area (Å²) in [5, 5.41) is 0.624. The molecule has 206 valence electrons. The average Bonchev–Trinajstić information content (AvgIpc) is 3.21. The third-order valence-corrected chi connectivity index (χ3v) is 8.69. The lowest BCUT2D eigenvalue weighted by atomic mass is 9.99. The number of hydrogen-bond donors (Lipinski definition) is 0. The first-order valence-corrected chi connectivity index (χ1v) is 14.5. The molecule has 0 radical (unpaired) electrons. The molecule has 9 heteroatoms. The van der Waals surface area contributed by atoms with Crippen LogP contribution in [0.15, 0.2) is 48.5 Å². The molecule has 0 spiro atoms. The molecule has 3 aromatic rings. The zero-order chi connectivity index (χ0) is 27.2. The summed E-state index contributed by atoms with van der Waals surface area (Å²) in [6, 6.07) is 16.2. The fourth-order valence-electron chi connectivity index (χ4n) is 5.73. The van der Waals surface area contributed by atoms with E-state index in [1.165, 1.54) is 11.3 Å². The minimum atomic E-state index is -0.538. The van der Waals surface area contributed by atoms with E-state index in [1.807, 2.05) is 74.2 Å². The van der Waals surface area contributed by atoms with E-state index in [4.69, 9.17) is 14.2 Å². The zero-order valence-electron chi connectivity index (χ0n) is 22.7. The predicted molar refractivity (Wildman–Crippen MR) is 149 cm³/mol. The Hall–Kier alpha value is -3.17. The molecule has 1 saturated carbocycles. The van der Waals surface area contributed by atoms with Crippen LogP contribution >= 0.6 is 11.3 Å². The molecule has 2 aliphatic heterocycles. The number of carbonyl (C=O) groups excluding carboxylic acids is 2. The number of esters is 1. The third kappa shape index (κ3) is 5.75. The summed E-state index contributed by atoms with van der Waals surface area (Å²) in [5.74, 6) is 1.39. The molecule has 0 N–H and O–H groups in total. The number of piperazine rings is 1. The first kappa shape index (κ1) is 26.1. The van der Waals surface area contributed by atoms with Crippen LogP contribution in [0, 0.1) is 5.41 Å². The van der Waals surface area contributed by atoms with E-state index >= 15 is 0 Å². The van der Waals surface area contributed by atoms with Crippen LogP contribution in [0.25, 0.3) is 10.2 Å². The lowest BCUT2D eigenvalue weighted by Crippen LogP contribution is -2.51. The van der Waals surface area contributed by atoms with Gasteiger partial charge in [0, 0.05) is 31.7 Å². The SMILES string of the molecule is CC(C)(C)OC(=O)CC1(C(=O)N2CC3CC2CN3CCOc2ccc(Oc3nc4ccccc4s3)cc2)CC1.